The number of nitrogens with one attached hydrogen (secondary N) is 1. The Morgan fingerprint density at radius 2 is 1.97 bits per heavy atom. The van der Waals surface area contributed by atoms with E-state index in [2.05, 4.69) is 17.9 Å². The molecule has 1 saturated heterocycles. The van der Waals surface area contributed by atoms with E-state index < -0.39 is 33.0 Å². The largest absolute Gasteiger partial charge is 0.445 e. The number of hydrogen-bond acceptors (Lipinski definition) is 9. The van der Waals surface area contributed by atoms with Gasteiger partial charge in [0.1, 0.15) is 24.0 Å². The van der Waals surface area contributed by atoms with Crippen LogP contribution in [0.1, 0.15) is 25.8 Å². The third-order valence-corrected chi connectivity index (χ3v) is 7.25. The van der Waals surface area contributed by atoms with Crippen molar-refractivity contribution in [2.24, 2.45) is 11.8 Å². The van der Waals surface area contributed by atoms with Gasteiger partial charge in [-0.15, -0.1) is 12.6 Å². The Morgan fingerprint density at radius 3 is 2.50 bits per heavy atom. The number of nitro groups is 1. The number of nitro benzene ring substituents is 1. The number of non-ortho nitro benzene ring substituents is 1. The highest BCUT2D eigenvalue weighted by atomic mass is 32.1. The number of amides is 2. The lowest BCUT2D eigenvalue weighted by Gasteiger charge is -2.39. The van der Waals surface area contributed by atoms with Crippen LogP contribution in [0.2, 0.25) is 0 Å². The van der Waals surface area contributed by atoms with Crippen molar-refractivity contribution >= 4 is 48.7 Å². The predicted octanol–water partition coefficient (Wildman–Crippen LogP) is 2.42. The maximum absolute atomic E-state index is 12.9. The molecular weight excluding hydrogens is 458 g/mol. The van der Waals surface area contributed by atoms with E-state index in [1.54, 1.807) is 6.92 Å². The molecule has 0 bridgehead atoms. The Hall–Kier alpha value is -2.31. The number of carbonyl (C=O) groups excluding carboxylic acids is 3. The Balaban J connectivity index is 2.16. The summed E-state index contributed by atoms with van der Waals surface area (Å²) in [6.45, 7) is 3.08. The maximum atomic E-state index is 12.9. The maximum Gasteiger partial charge on any atom is 0.411 e. The lowest BCUT2D eigenvalue weighted by Crippen LogP contribution is -2.53. The van der Waals surface area contributed by atoms with Crippen LogP contribution < -0.4 is 5.32 Å². The van der Waals surface area contributed by atoms with Crippen LogP contribution in [0, 0.1) is 22.0 Å². The summed E-state index contributed by atoms with van der Waals surface area (Å²) >= 11 is 9.31. The zero-order valence-electron chi connectivity index (χ0n) is 18.0. The third-order valence-electron chi connectivity index (χ3n) is 5.47. The Kier molecular flexibility index (Phi) is 8.93. The van der Waals surface area contributed by atoms with Gasteiger partial charge in [-0.2, -0.15) is 12.6 Å². The second-order valence-electron chi connectivity index (χ2n) is 7.69. The number of ether oxygens (including phenoxy) is 2. The van der Waals surface area contributed by atoms with Gasteiger partial charge in [-0.3, -0.25) is 24.6 Å². The number of rotatable bonds is 9. The van der Waals surface area contributed by atoms with E-state index >= 15 is 0 Å². The Bertz CT molecular complexity index is 867. The van der Waals surface area contributed by atoms with Crippen molar-refractivity contribution in [1.82, 2.24) is 10.2 Å². The summed E-state index contributed by atoms with van der Waals surface area (Å²) in [6.07, 6.45) is -0.501. The fourth-order valence-electron chi connectivity index (χ4n) is 3.49. The molecule has 176 valence electrons. The van der Waals surface area contributed by atoms with Gasteiger partial charge in [-0.1, -0.05) is 6.92 Å². The fraction of sp³-hybridized carbons (Fsp3) is 0.550. The molecule has 0 aliphatic carbocycles. The van der Waals surface area contributed by atoms with Crippen molar-refractivity contribution in [3.05, 3.63) is 39.9 Å². The number of likely N-dealkylation sites (tertiary alicyclic amines) is 1. The molecular formula is C20H27N3O7S2. The molecule has 10 nitrogen and oxygen atoms in total. The number of Topliss-reactive ketones (excluding diaryl/α,β-unsaturated/α-hetero) is 1. The lowest BCUT2D eigenvalue weighted by molar-refractivity contribution is -0.384. The van der Waals surface area contributed by atoms with E-state index in [0.29, 0.717) is 5.56 Å². The van der Waals surface area contributed by atoms with Crippen LogP contribution in [0.25, 0.3) is 0 Å². The molecule has 1 aromatic carbocycles. The smallest absolute Gasteiger partial charge is 0.411 e. The molecule has 32 heavy (non-hydrogen) atoms. The van der Waals surface area contributed by atoms with Gasteiger partial charge in [0, 0.05) is 42.9 Å². The summed E-state index contributed by atoms with van der Waals surface area (Å²) in [4.78, 5) is 47.7. The summed E-state index contributed by atoms with van der Waals surface area (Å²) in [5, 5.41) is 12.7. The van der Waals surface area contributed by atoms with E-state index in [-0.39, 0.29) is 43.7 Å². The van der Waals surface area contributed by atoms with Crippen molar-refractivity contribution in [1.29, 1.82) is 0 Å². The zero-order valence-corrected chi connectivity index (χ0v) is 19.8. The molecule has 1 fully saturated rings. The van der Waals surface area contributed by atoms with Gasteiger partial charge in [0.15, 0.2) is 0 Å². The van der Waals surface area contributed by atoms with Gasteiger partial charge in [0.2, 0.25) is 5.91 Å². The van der Waals surface area contributed by atoms with E-state index in [9.17, 15) is 24.5 Å². The molecule has 0 aromatic heterocycles. The summed E-state index contributed by atoms with van der Waals surface area (Å²) in [5.41, 5.74) is 0.489. The SMILES string of the molecule is COCNC(=O)C(C)C(S)[C@@]1(S)C[C@@H](C(C)=O)CN1C(=O)OCc1ccc([N+](=O)[O-])cc1. The third kappa shape index (κ3) is 5.93. The van der Waals surface area contributed by atoms with Gasteiger partial charge >= 0.3 is 6.09 Å². The van der Waals surface area contributed by atoms with Crippen LogP contribution in [-0.4, -0.2) is 58.1 Å². The molecule has 12 heteroatoms. The van der Waals surface area contributed by atoms with Crippen LogP contribution in [0.4, 0.5) is 10.5 Å². The second-order valence-corrected chi connectivity index (χ2v) is 9.02. The topological polar surface area (TPSA) is 128 Å². The highest BCUT2D eigenvalue weighted by Gasteiger charge is 2.53. The van der Waals surface area contributed by atoms with E-state index in [0.717, 1.165) is 0 Å². The van der Waals surface area contributed by atoms with Gasteiger partial charge in [-0.25, -0.2) is 4.79 Å². The minimum Gasteiger partial charge on any atom is -0.445 e. The zero-order chi connectivity index (χ0) is 24.1. The van der Waals surface area contributed by atoms with Gasteiger partial charge < -0.3 is 14.8 Å². The number of methoxy groups -OCH3 is 1. The normalized spacial score (nSPS) is 22.2. The summed E-state index contributed by atoms with van der Waals surface area (Å²) < 4.78 is 10.2. The average Bonchev–Trinajstić information content (AvgIpc) is 3.14. The van der Waals surface area contributed by atoms with Crippen molar-refractivity contribution < 1.29 is 28.8 Å². The summed E-state index contributed by atoms with van der Waals surface area (Å²) in [5.74, 6) is -1.55. The lowest BCUT2D eigenvalue weighted by atomic mass is 9.93. The quantitative estimate of drug-likeness (QED) is 0.212. The minimum absolute atomic E-state index is 0.0281. The molecule has 1 aliphatic rings. The Morgan fingerprint density at radius 1 is 1.34 bits per heavy atom. The van der Waals surface area contributed by atoms with Crippen molar-refractivity contribution in [2.45, 2.75) is 37.0 Å². The van der Waals surface area contributed by atoms with E-state index in [1.807, 2.05) is 0 Å². The minimum atomic E-state index is -1.21. The Labute approximate surface area is 197 Å². The molecule has 0 saturated carbocycles. The highest BCUT2D eigenvalue weighted by molar-refractivity contribution is 7.85. The first-order valence-electron chi connectivity index (χ1n) is 9.86. The summed E-state index contributed by atoms with van der Waals surface area (Å²) in [7, 11) is 1.44. The number of ketones is 1. The number of thiol groups is 2. The molecule has 4 atom stereocenters. The molecule has 2 amide bonds. The van der Waals surface area contributed by atoms with E-state index in [1.165, 1.54) is 43.2 Å². The van der Waals surface area contributed by atoms with Crippen LogP contribution in [0.15, 0.2) is 24.3 Å². The van der Waals surface area contributed by atoms with Crippen LogP contribution in [0.5, 0.6) is 0 Å². The summed E-state index contributed by atoms with van der Waals surface area (Å²) in [6, 6.07) is 5.62. The number of carbonyl (C=O) groups is 3. The van der Waals surface area contributed by atoms with Crippen molar-refractivity contribution in [3.8, 4) is 0 Å². The first kappa shape index (κ1) is 25.9. The second kappa shape index (κ2) is 11.0. The van der Waals surface area contributed by atoms with Crippen molar-refractivity contribution in [2.75, 3.05) is 20.4 Å². The molecule has 1 aromatic rings. The van der Waals surface area contributed by atoms with Crippen LogP contribution in [0.3, 0.4) is 0 Å². The number of benzene rings is 1. The molecule has 1 N–H and O–H groups in total. The molecule has 2 rings (SSSR count). The monoisotopic (exact) mass is 485 g/mol. The molecule has 0 spiro atoms. The van der Waals surface area contributed by atoms with Crippen LogP contribution in [-0.2, 0) is 25.7 Å². The first-order chi connectivity index (χ1) is 15.0. The van der Waals surface area contributed by atoms with Gasteiger partial charge in [0.25, 0.3) is 5.69 Å². The predicted molar refractivity (Wildman–Crippen MR) is 122 cm³/mol. The standard InChI is InChI=1S/C20H27N3O7S2/c1-12(18(25)21-11-29-3)17(31)20(32)8-15(13(2)24)9-22(20)19(26)30-10-14-4-6-16(7-5-14)23(27)28/h4-7,12,15,17,31-32H,8-11H2,1-3H3,(H,21,25)/t12?,15-,17?,20+/m1/s1. The van der Waals surface area contributed by atoms with Crippen molar-refractivity contribution in [3.63, 3.8) is 0 Å². The molecule has 1 aliphatic heterocycles. The average molecular weight is 486 g/mol. The fourth-order valence-corrected chi connectivity index (χ4v) is 4.47. The number of hydrogen-bond donors (Lipinski definition) is 3. The molecule has 2 unspecified atom stereocenters. The van der Waals surface area contributed by atoms with Gasteiger partial charge in [0.05, 0.1) is 4.92 Å². The molecule has 0 radical (unpaired) electrons. The van der Waals surface area contributed by atoms with E-state index in [4.69, 9.17) is 22.1 Å². The molecule has 1 heterocycles. The first-order valence-corrected chi connectivity index (χ1v) is 10.8. The highest BCUT2D eigenvalue weighted by Crippen LogP contribution is 2.44. The van der Waals surface area contributed by atoms with Gasteiger partial charge in [-0.05, 0) is 31.0 Å². The van der Waals surface area contributed by atoms with Crippen LogP contribution >= 0.6 is 25.3 Å². The number of nitrogens with zero attached hydrogens (tertiary/aromatic N) is 2.